The molecule has 0 N–H and O–H groups in total. The maximum Gasteiger partial charge on any atom is 0.281 e. The quantitative estimate of drug-likeness (QED) is 0.265. The molecule has 144 valence electrons. The zero-order valence-corrected chi connectivity index (χ0v) is 15.6. The van der Waals surface area contributed by atoms with Crippen LogP contribution in [0.5, 0.6) is 0 Å². The minimum atomic E-state index is -3.72. The van der Waals surface area contributed by atoms with Crippen molar-refractivity contribution in [1.29, 1.82) is 0 Å². The van der Waals surface area contributed by atoms with E-state index in [2.05, 4.69) is 4.98 Å². The first-order valence-electron chi connectivity index (χ1n) is 7.98. The maximum absolute atomic E-state index is 13.0. The van der Waals surface area contributed by atoms with Crippen molar-refractivity contribution in [2.45, 2.75) is 17.7 Å². The van der Waals surface area contributed by atoms with E-state index in [0.29, 0.717) is 11.1 Å². The smallest absolute Gasteiger partial charge is 0.281 e. The maximum atomic E-state index is 13.0. The van der Waals surface area contributed by atoms with E-state index in [1.165, 1.54) is 0 Å². The highest BCUT2D eigenvalue weighted by molar-refractivity contribution is 7.90. The third-order valence-electron chi connectivity index (χ3n) is 4.09. The van der Waals surface area contributed by atoms with E-state index in [-0.39, 0.29) is 10.8 Å². The van der Waals surface area contributed by atoms with Crippen LogP contribution < -0.4 is 0 Å². The molecule has 0 aliphatic carbocycles. The van der Waals surface area contributed by atoms with Gasteiger partial charge < -0.3 is 4.42 Å². The van der Waals surface area contributed by atoms with Crippen LogP contribution in [0.25, 0.3) is 11.1 Å². The molecule has 28 heavy (non-hydrogen) atoms. The van der Waals surface area contributed by atoms with Crippen LogP contribution in [0.4, 0.5) is 5.69 Å². The monoisotopic (exact) mass is 402 g/mol. The summed E-state index contributed by atoms with van der Waals surface area (Å²) in [6.45, 7) is 1.15. The summed E-state index contributed by atoms with van der Waals surface area (Å²) in [5.41, 5.74) is -0.327. The second-order valence-corrected chi connectivity index (χ2v) is 8.15. The number of fused-ring (bicyclic) bond motifs is 1. The first-order valence-corrected chi connectivity index (χ1v) is 9.87. The van der Waals surface area contributed by atoms with Gasteiger partial charge >= 0.3 is 0 Å². The van der Waals surface area contributed by atoms with E-state index >= 15 is 0 Å². The number of carbonyl (C=O) groups excluding carboxylic acids is 2. The average Bonchev–Trinajstić information content (AvgIpc) is 3.03. The van der Waals surface area contributed by atoms with Crippen molar-refractivity contribution in [1.82, 2.24) is 4.98 Å². The van der Waals surface area contributed by atoms with Gasteiger partial charge in [0.05, 0.1) is 15.4 Å². The van der Waals surface area contributed by atoms with Crippen molar-refractivity contribution in [3.05, 3.63) is 64.0 Å². The molecular formula is C18H14N2O7S. The van der Waals surface area contributed by atoms with E-state index in [4.69, 9.17) is 4.42 Å². The van der Waals surface area contributed by atoms with Gasteiger partial charge in [-0.3, -0.25) is 19.7 Å². The lowest BCUT2D eigenvalue weighted by Crippen LogP contribution is -2.21. The van der Waals surface area contributed by atoms with Gasteiger partial charge in [0.2, 0.25) is 5.89 Å². The minimum Gasteiger partial charge on any atom is -0.439 e. The average molecular weight is 402 g/mol. The second-order valence-electron chi connectivity index (χ2n) is 6.14. The number of nitro benzene ring substituents is 1. The Kier molecular flexibility index (Phi) is 4.82. The lowest BCUT2D eigenvalue weighted by molar-refractivity contribution is -0.385. The Balaban J connectivity index is 2.14. The van der Waals surface area contributed by atoms with Crippen LogP contribution in [0.3, 0.4) is 0 Å². The van der Waals surface area contributed by atoms with Gasteiger partial charge in [0.1, 0.15) is 11.3 Å². The standard InChI is InChI=1S/C18H14N2O7S/c1-10(21)16(18-19-13-5-3-4-6-15(13)27-18)17(22)12-8-7-11(28(2,25)26)9-14(12)20(23)24/h3-9,16H,1-2H3. The van der Waals surface area contributed by atoms with E-state index in [0.717, 1.165) is 31.4 Å². The first-order chi connectivity index (χ1) is 13.1. The molecule has 0 amide bonds. The molecule has 3 rings (SSSR count). The first kappa shape index (κ1) is 19.4. The molecule has 0 radical (unpaired) electrons. The van der Waals surface area contributed by atoms with Crippen LogP contribution >= 0.6 is 0 Å². The fraction of sp³-hybridized carbons (Fsp3) is 0.167. The summed E-state index contributed by atoms with van der Waals surface area (Å²) in [6, 6.07) is 9.54. The lowest BCUT2D eigenvalue weighted by Gasteiger charge is -2.10. The number of carbonyl (C=O) groups is 2. The number of benzene rings is 2. The van der Waals surface area contributed by atoms with Crippen molar-refractivity contribution in [2.75, 3.05) is 6.26 Å². The molecular weight excluding hydrogens is 388 g/mol. The number of hydrogen-bond donors (Lipinski definition) is 0. The van der Waals surface area contributed by atoms with Crippen molar-refractivity contribution < 1.29 is 27.3 Å². The number of aromatic nitrogens is 1. The van der Waals surface area contributed by atoms with Crippen LogP contribution in [0.2, 0.25) is 0 Å². The number of sulfone groups is 1. The summed E-state index contributed by atoms with van der Waals surface area (Å²) in [7, 11) is -3.72. The summed E-state index contributed by atoms with van der Waals surface area (Å²) in [5, 5.41) is 11.4. The van der Waals surface area contributed by atoms with E-state index in [1.807, 2.05) is 0 Å². The summed E-state index contributed by atoms with van der Waals surface area (Å²) >= 11 is 0. The molecule has 3 aromatic rings. The SMILES string of the molecule is CC(=O)C(C(=O)c1ccc(S(C)(=O)=O)cc1[N+](=O)[O-])c1nc2ccccc2o1. The predicted molar refractivity (Wildman–Crippen MR) is 98.0 cm³/mol. The van der Waals surface area contributed by atoms with Gasteiger partial charge in [-0.2, -0.15) is 0 Å². The molecule has 0 aliphatic rings. The molecule has 0 saturated heterocycles. The number of rotatable bonds is 6. The molecule has 1 unspecified atom stereocenters. The molecule has 0 bridgehead atoms. The van der Waals surface area contributed by atoms with Crippen molar-refractivity contribution in [3.63, 3.8) is 0 Å². The van der Waals surface area contributed by atoms with Gasteiger partial charge in [0.15, 0.2) is 27.1 Å². The second kappa shape index (κ2) is 6.97. The van der Waals surface area contributed by atoms with Gasteiger partial charge in [-0.1, -0.05) is 12.1 Å². The third-order valence-corrected chi connectivity index (χ3v) is 5.20. The van der Waals surface area contributed by atoms with Crippen molar-refractivity contribution >= 4 is 38.2 Å². The topological polar surface area (TPSA) is 137 Å². The highest BCUT2D eigenvalue weighted by Gasteiger charge is 2.35. The van der Waals surface area contributed by atoms with Gasteiger partial charge in [-0.05, 0) is 31.2 Å². The van der Waals surface area contributed by atoms with Crippen LogP contribution in [-0.4, -0.2) is 36.1 Å². The molecule has 0 aliphatic heterocycles. The number of oxazole rings is 1. The Morgan fingerprint density at radius 1 is 1.18 bits per heavy atom. The number of nitrogens with zero attached hydrogens (tertiary/aromatic N) is 2. The van der Waals surface area contributed by atoms with Gasteiger partial charge in [-0.15, -0.1) is 0 Å². The zero-order valence-electron chi connectivity index (χ0n) is 14.8. The predicted octanol–water partition coefficient (Wildman–Crippen LogP) is 2.70. The molecule has 1 atom stereocenters. The lowest BCUT2D eigenvalue weighted by atomic mass is 9.93. The Morgan fingerprint density at radius 3 is 2.43 bits per heavy atom. The van der Waals surface area contributed by atoms with E-state index in [1.54, 1.807) is 24.3 Å². The molecule has 0 saturated carbocycles. The molecule has 1 heterocycles. The summed E-state index contributed by atoms with van der Waals surface area (Å²) in [4.78, 5) is 39.5. The number of hydrogen-bond acceptors (Lipinski definition) is 8. The molecule has 0 fully saturated rings. The molecule has 9 nitrogen and oxygen atoms in total. The molecule has 10 heteroatoms. The fourth-order valence-electron chi connectivity index (χ4n) is 2.74. The number of para-hydroxylation sites is 2. The number of nitro groups is 1. The van der Waals surface area contributed by atoms with Gasteiger partial charge in [0, 0.05) is 12.3 Å². The van der Waals surface area contributed by atoms with Crippen molar-refractivity contribution in [2.24, 2.45) is 0 Å². The minimum absolute atomic E-state index is 0.180. The van der Waals surface area contributed by atoms with Crippen molar-refractivity contribution in [3.8, 4) is 0 Å². The fourth-order valence-corrected chi connectivity index (χ4v) is 3.38. The Morgan fingerprint density at radius 2 is 1.86 bits per heavy atom. The van der Waals surface area contributed by atoms with Crippen LogP contribution in [0.1, 0.15) is 29.1 Å². The van der Waals surface area contributed by atoms with E-state index in [9.17, 15) is 28.1 Å². The van der Waals surface area contributed by atoms with Crippen LogP contribution in [0, 0.1) is 10.1 Å². The normalized spacial score (nSPS) is 12.6. The Bertz CT molecular complexity index is 1190. The molecule has 1 aromatic heterocycles. The summed E-state index contributed by atoms with van der Waals surface area (Å²) in [6.07, 6.45) is 0.893. The van der Waals surface area contributed by atoms with Gasteiger partial charge in [0.25, 0.3) is 5.69 Å². The Labute approximate surface area is 159 Å². The van der Waals surface area contributed by atoms with Gasteiger partial charge in [-0.25, -0.2) is 13.4 Å². The summed E-state index contributed by atoms with van der Waals surface area (Å²) < 4.78 is 28.8. The molecule has 0 spiro atoms. The summed E-state index contributed by atoms with van der Waals surface area (Å²) in [5.74, 6) is -3.18. The number of Topliss-reactive ketones (excluding diaryl/α,β-unsaturated/α-hetero) is 2. The Hall–Kier alpha value is -3.40. The van der Waals surface area contributed by atoms with Crippen LogP contribution in [-0.2, 0) is 14.6 Å². The third kappa shape index (κ3) is 3.54. The highest BCUT2D eigenvalue weighted by Crippen LogP contribution is 2.30. The molecule has 2 aromatic carbocycles. The number of ketones is 2. The van der Waals surface area contributed by atoms with E-state index < -0.39 is 43.5 Å². The highest BCUT2D eigenvalue weighted by atomic mass is 32.2. The van der Waals surface area contributed by atoms with Crippen LogP contribution in [0.15, 0.2) is 51.8 Å². The largest absolute Gasteiger partial charge is 0.439 e. The zero-order chi connectivity index (χ0) is 20.6.